The third kappa shape index (κ3) is 5.96. The first-order valence-electron chi connectivity index (χ1n) is 8.57. The molecule has 0 bridgehead atoms. The number of amides is 1. The summed E-state index contributed by atoms with van der Waals surface area (Å²) in [5, 5.41) is 13.1. The minimum Gasteiger partial charge on any atom is -0.493 e. The van der Waals surface area contributed by atoms with Crippen molar-refractivity contribution in [1.29, 1.82) is 0 Å². The normalized spacial score (nSPS) is 10.4. The van der Waals surface area contributed by atoms with Gasteiger partial charge < -0.3 is 24.3 Å². The maximum absolute atomic E-state index is 11.9. The van der Waals surface area contributed by atoms with Crippen LogP contribution >= 0.6 is 0 Å². The number of hydrogen-bond acceptors (Lipinski definition) is 8. The number of nitro benzene ring substituents is 1. The number of esters is 1. The molecule has 10 heteroatoms. The van der Waals surface area contributed by atoms with Crippen LogP contribution in [-0.2, 0) is 14.3 Å². The summed E-state index contributed by atoms with van der Waals surface area (Å²) in [5.74, 6) is -0.0525. The zero-order chi connectivity index (χ0) is 22.1. The number of rotatable bonds is 9. The van der Waals surface area contributed by atoms with Crippen LogP contribution in [0.15, 0.2) is 42.5 Å². The van der Waals surface area contributed by atoms with Gasteiger partial charge in [0.05, 0.1) is 26.3 Å². The number of anilines is 1. The average Bonchev–Trinajstić information content (AvgIpc) is 2.75. The summed E-state index contributed by atoms with van der Waals surface area (Å²) in [6.07, 6.45) is 2.63. The van der Waals surface area contributed by atoms with Crippen LogP contribution in [0.1, 0.15) is 5.56 Å². The lowest BCUT2D eigenvalue weighted by molar-refractivity contribution is -0.384. The molecule has 0 radical (unpaired) electrons. The van der Waals surface area contributed by atoms with Gasteiger partial charge in [-0.15, -0.1) is 0 Å². The van der Waals surface area contributed by atoms with E-state index >= 15 is 0 Å². The molecule has 2 aromatic rings. The minimum atomic E-state index is -0.734. The van der Waals surface area contributed by atoms with E-state index in [1.54, 1.807) is 12.1 Å². The molecule has 0 aromatic heterocycles. The Morgan fingerprint density at radius 2 is 1.63 bits per heavy atom. The van der Waals surface area contributed by atoms with Gasteiger partial charge in [-0.25, -0.2) is 4.79 Å². The van der Waals surface area contributed by atoms with Crippen LogP contribution in [0.5, 0.6) is 17.2 Å². The second-order valence-electron chi connectivity index (χ2n) is 5.75. The Kier molecular flexibility index (Phi) is 7.74. The van der Waals surface area contributed by atoms with Gasteiger partial charge in [0.2, 0.25) is 5.75 Å². The number of ether oxygens (including phenoxy) is 4. The number of nitrogens with one attached hydrogen (secondary N) is 1. The third-order valence-electron chi connectivity index (χ3n) is 3.81. The van der Waals surface area contributed by atoms with E-state index in [1.807, 2.05) is 0 Å². The molecule has 1 amide bonds. The van der Waals surface area contributed by atoms with Gasteiger partial charge in [-0.05, 0) is 35.9 Å². The van der Waals surface area contributed by atoms with Crippen molar-refractivity contribution in [2.24, 2.45) is 0 Å². The molecule has 10 nitrogen and oxygen atoms in total. The van der Waals surface area contributed by atoms with E-state index in [2.05, 4.69) is 5.32 Å². The Balaban J connectivity index is 1.93. The van der Waals surface area contributed by atoms with Crippen LogP contribution in [0.3, 0.4) is 0 Å². The lowest BCUT2D eigenvalue weighted by Crippen LogP contribution is -2.20. The lowest BCUT2D eigenvalue weighted by atomic mass is 10.1. The van der Waals surface area contributed by atoms with Crippen molar-refractivity contribution in [1.82, 2.24) is 0 Å². The summed E-state index contributed by atoms with van der Waals surface area (Å²) >= 11 is 0. The van der Waals surface area contributed by atoms with E-state index in [0.29, 0.717) is 28.5 Å². The first kappa shape index (κ1) is 22.2. The number of benzene rings is 2. The second kappa shape index (κ2) is 10.5. The fourth-order valence-corrected chi connectivity index (χ4v) is 2.41. The Bertz CT molecular complexity index is 929. The summed E-state index contributed by atoms with van der Waals surface area (Å²) in [7, 11) is 4.43. The van der Waals surface area contributed by atoms with Gasteiger partial charge in [-0.1, -0.05) is 0 Å². The molecule has 0 saturated carbocycles. The zero-order valence-corrected chi connectivity index (χ0v) is 16.5. The average molecular weight is 416 g/mol. The number of nitrogens with zero attached hydrogens (tertiary/aromatic N) is 1. The number of carbonyl (C=O) groups is 2. The predicted octanol–water partition coefficient (Wildman–Crippen LogP) is 2.82. The molecule has 2 rings (SSSR count). The molecule has 0 atom stereocenters. The number of nitro groups is 1. The van der Waals surface area contributed by atoms with E-state index in [4.69, 9.17) is 18.9 Å². The summed E-state index contributed by atoms with van der Waals surface area (Å²) in [6, 6.07) is 8.55. The monoisotopic (exact) mass is 416 g/mol. The molecule has 158 valence electrons. The summed E-state index contributed by atoms with van der Waals surface area (Å²) in [4.78, 5) is 33.8. The SMILES string of the molecule is COc1cc(/C=C/C(=O)OCC(=O)Nc2ccc([N+](=O)[O-])cc2)cc(OC)c1OC. The lowest BCUT2D eigenvalue weighted by Gasteiger charge is -2.12. The van der Waals surface area contributed by atoms with Crippen molar-refractivity contribution >= 4 is 29.3 Å². The first-order chi connectivity index (χ1) is 14.4. The standard InChI is InChI=1S/C20H20N2O8/c1-27-16-10-13(11-17(28-2)20(16)29-3)4-9-19(24)30-12-18(23)21-14-5-7-15(8-6-14)22(25)26/h4-11H,12H2,1-3H3,(H,21,23)/b9-4+. The summed E-state index contributed by atoms with van der Waals surface area (Å²) < 4.78 is 20.6. The van der Waals surface area contributed by atoms with Crippen LogP contribution in [0.4, 0.5) is 11.4 Å². The van der Waals surface area contributed by atoms with Crippen LogP contribution < -0.4 is 19.5 Å². The van der Waals surface area contributed by atoms with Crippen molar-refractivity contribution in [3.63, 3.8) is 0 Å². The van der Waals surface area contributed by atoms with Gasteiger partial charge in [-0.3, -0.25) is 14.9 Å². The summed E-state index contributed by atoms with van der Waals surface area (Å²) in [6.45, 7) is -0.518. The van der Waals surface area contributed by atoms with Crippen LogP contribution in [0, 0.1) is 10.1 Å². The number of methoxy groups -OCH3 is 3. The van der Waals surface area contributed by atoms with Gasteiger partial charge in [0.25, 0.3) is 11.6 Å². The predicted molar refractivity (Wildman–Crippen MR) is 108 cm³/mol. The number of carbonyl (C=O) groups excluding carboxylic acids is 2. The second-order valence-corrected chi connectivity index (χ2v) is 5.75. The van der Waals surface area contributed by atoms with Crippen molar-refractivity contribution in [3.8, 4) is 17.2 Å². The van der Waals surface area contributed by atoms with Gasteiger partial charge in [0, 0.05) is 23.9 Å². The quantitative estimate of drug-likeness (QED) is 0.286. The molecular weight excluding hydrogens is 396 g/mol. The van der Waals surface area contributed by atoms with Gasteiger partial charge in [0.1, 0.15) is 0 Å². The molecule has 0 heterocycles. The van der Waals surface area contributed by atoms with E-state index in [9.17, 15) is 19.7 Å². The molecule has 0 unspecified atom stereocenters. The van der Waals surface area contributed by atoms with Gasteiger partial charge in [0.15, 0.2) is 18.1 Å². The molecular formula is C20H20N2O8. The van der Waals surface area contributed by atoms with Crippen molar-refractivity contribution < 1.29 is 33.5 Å². The molecule has 0 aliphatic heterocycles. The topological polar surface area (TPSA) is 126 Å². The van der Waals surface area contributed by atoms with Crippen molar-refractivity contribution in [2.75, 3.05) is 33.3 Å². The molecule has 30 heavy (non-hydrogen) atoms. The van der Waals surface area contributed by atoms with Gasteiger partial charge >= 0.3 is 5.97 Å². The van der Waals surface area contributed by atoms with Crippen LogP contribution in [-0.4, -0.2) is 44.7 Å². The molecule has 0 saturated heterocycles. The Hall–Kier alpha value is -4.08. The van der Waals surface area contributed by atoms with Crippen molar-refractivity contribution in [3.05, 3.63) is 58.2 Å². The Morgan fingerprint density at radius 1 is 1.03 bits per heavy atom. The molecule has 0 aliphatic carbocycles. The maximum Gasteiger partial charge on any atom is 0.331 e. The highest BCUT2D eigenvalue weighted by atomic mass is 16.6. The van der Waals surface area contributed by atoms with Gasteiger partial charge in [-0.2, -0.15) is 0 Å². The van der Waals surface area contributed by atoms with E-state index in [0.717, 1.165) is 6.08 Å². The molecule has 0 aliphatic rings. The Morgan fingerprint density at radius 3 is 2.13 bits per heavy atom. The fourth-order valence-electron chi connectivity index (χ4n) is 2.41. The van der Waals surface area contributed by atoms with E-state index < -0.39 is 23.4 Å². The number of non-ortho nitro benzene ring substituents is 1. The smallest absolute Gasteiger partial charge is 0.331 e. The highest BCUT2D eigenvalue weighted by Crippen LogP contribution is 2.38. The highest BCUT2D eigenvalue weighted by molar-refractivity contribution is 5.94. The van der Waals surface area contributed by atoms with Crippen LogP contribution in [0.2, 0.25) is 0 Å². The zero-order valence-electron chi connectivity index (χ0n) is 16.5. The molecule has 2 aromatic carbocycles. The number of hydrogen-bond donors (Lipinski definition) is 1. The molecule has 0 fully saturated rings. The maximum atomic E-state index is 11.9. The Labute approximate surface area is 172 Å². The largest absolute Gasteiger partial charge is 0.493 e. The van der Waals surface area contributed by atoms with E-state index in [-0.39, 0.29) is 5.69 Å². The highest BCUT2D eigenvalue weighted by Gasteiger charge is 2.12. The first-order valence-corrected chi connectivity index (χ1v) is 8.57. The van der Waals surface area contributed by atoms with Crippen LogP contribution in [0.25, 0.3) is 6.08 Å². The minimum absolute atomic E-state index is 0.101. The van der Waals surface area contributed by atoms with E-state index in [1.165, 1.54) is 51.7 Å². The summed E-state index contributed by atoms with van der Waals surface area (Å²) in [5.41, 5.74) is 0.836. The van der Waals surface area contributed by atoms with Crippen molar-refractivity contribution in [2.45, 2.75) is 0 Å². The molecule has 0 spiro atoms. The molecule has 1 N–H and O–H groups in total. The fraction of sp³-hybridized carbons (Fsp3) is 0.200. The third-order valence-corrected chi connectivity index (χ3v) is 3.81.